The molecule has 0 aliphatic rings. The lowest BCUT2D eigenvalue weighted by Gasteiger charge is -2.43. The lowest BCUT2D eigenvalue weighted by Crippen LogP contribution is -2.66. The van der Waals surface area contributed by atoms with Crippen molar-refractivity contribution < 1.29 is 24.6 Å². The van der Waals surface area contributed by atoms with Gasteiger partial charge in [0.2, 0.25) is 17.3 Å². The molecule has 1 heterocycles. The van der Waals surface area contributed by atoms with Crippen molar-refractivity contribution in [3.05, 3.63) is 54.1 Å². The molecule has 3 rings (SSSR count). The molecule has 2 unspecified atom stereocenters. The number of nitrogens with zero attached hydrogens (tertiary/aromatic N) is 4. The van der Waals surface area contributed by atoms with E-state index in [4.69, 9.17) is 0 Å². The molecule has 2 atom stereocenters. The number of aliphatic hydroxyl groups excluding tert-OH is 1. The van der Waals surface area contributed by atoms with Crippen LogP contribution in [-0.2, 0) is 20.9 Å². The van der Waals surface area contributed by atoms with Crippen LogP contribution < -0.4 is 0 Å². The van der Waals surface area contributed by atoms with Crippen molar-refractivity contribution in [3.63, 3.8) is 0 Å². The predicted octanol–water partition coefficient (Wildman–Crippen LogP) is 4.26. The molecule has 0 radical (unpaired) electrons. The van der Waals surface area contributed by atoms with E-state index in [1.54, 1.807) is 0 Å². The molecule has 3 aromatic rings. The highest BCUT2D eigenvalue weighted by atomic mass is 16.4. The van der Waals surface area contributed by atoms with Crippen LogP contribution in [0.2, 0.25) is 0 Å². The molecule has 0 spiro atoms. The van der Waals surface area contributed by atoms with Gasteiger partial charge in [0.25, 0.3) is 0 Å². The summed E-state index contributed by atoms with van der Waals surface area (Å²) in [7, 11) is 0. The van der Waals surface area contributed by atoms with Crippen molar-refractivity contribution in [1.82, 2.24) is 25.5 Å². The van der Waals surface area contributed by atoms with Gasteiger partial charge in [0, 0.05) is 37.5 Å². The maximum absolute atomic E-state index is 13.6. The molecule has 2 aromatic carbocycles. The number of tetrazole rings is 1. The Bertz CT molecular complexity index is 1250. The summed E-state index contributed by atoms with van der Waals surface area (Å²) in [6.45, 7) is 4.73. The number of hydrogen-bond acceptors (Lipinski definition) is 7. The summed E-state index contributed by atoms with van der Waals surface area (Å²) in [5.41, 5.74) is 1.04. The number of nitrogens with one attached hydrogen (secondary N) is 1. The van der Waals surface area contributed by atoms with Crippen molar-refractivity contribution in [2.24, 2.45) is 5.92 Å². The number of H-pyrrole nitrogens is 1. The third kappa shape index (κ3) is 6.39. The first-order valence-corrected chi connectivity index (χ1v) is 13.4. The first-order valence-electron chi connectivity index (χ1n) is 13.4. The van der Waals surface area contributed by atoms with E-state index in [9.17, 15) is 24.6 Å². The van der Waals surface area contributed by atoms with Crippen molar-refractivity contribution in [2.75, 3.05) is 6.61 Å². The number of carbonyl (C=O) groups excluding carboxylic acids is 2. The molecule has 0 aliphatic carbocycles. The van der Waals surface area contributed by atoms with E-state index in [1.807, 2.05) is 62.4 Å². The molecule has 1 aromatic heterocycles. The van der Waals surface area contributed by atoms with E-state index in [0.717, 1.165) is 23.1 Å². The highest BCUT2D eigenvalue weighted by Crippen LogP contribution is 2.34. The zero-order valence-corrected chi connectivity index (χ0v) is 22.8. The average molecular weight is 536 g/mol. The number of carboxylic acid groups (broad SMARTS) is 1. The highest BCUT2D eigenvalue weighted by molar-refractivity contribution is 6.10. The Labute approximate surface area is 228 Å². The van der Waals surface area contributed by atoms with E-state index in [0.29, 0.717) is 30.7 Å². The van der Waals surface area contributed by atoms with E-state index in [-0.39, 0.29) is 19.4 Å². The summed E-state index contributed by atoms with van der Waals surface area (Å²) in [6.07, 6.45) is 2.63. The Hall–Kier alpha value is -3.92. The number of ketones is 1. The van der Waals surface area contributed by atoms with Gasteiger partial charge in [-0.05, 0) is 34.7 Å². The molecular formula is C29H37N5O5. The number of unbranched alkanes of at least 4 members (excludes halogenated alkanes) is 2. The summed E-state index contributed by atoms with van der Waals surface area (Å²) in [5, 5.41) is 34.8. The first-order chi connectivity index (χ1) is 18.8. The third-order valence-electron chi connectivity index (χ3n) is 7.09. The second-order valence-corrected chi connectivity index (χ2v) is 9.74. The van der Waals surface area contributed by atoms with Crippen molar-refractivity contribution in [2.45, 2.75) is 71.4 Å². The number of aromatic amines is 1. The standard InChI is InChI=1S/C29H37N5O5/c1-4-6-12-25(36)29(28(38)39,20(3)19-35)34(26(37)13-7-5-2)18-21-14-16-22(17-15-21)23-10-8-9-11-24(23)27-30-32-33-31-27/h8-11,14-17,20,35H,4-7,12-13,18-19H2,1-3H3,(H,38,39)(H,30,31,32,33). The molecule has 0 saturated heterocycles. The predicted molar refractivity (Wildman–Crippen MR) is 146 cm³/mol. The molecule has 1 amide bonds. The summed E-state index contributed by atoms with van der Waals surface area (Å²) >= 11 is 0. The second-order valence-electron chi connectivity index (χ2n) is 9.74. The fraction of sp³-hybridized carbons (Fsp3) is 0.448. The molecule has 0 aliphatic heterocycles. The Morgan fingerprint density at radius 3 is 2.18 bits per heavy atom. The Balaban J connectivity index is 2.03. The summed E-state index contributed by atoms with van der Waals surface area (Å²) in [4.78, 5) is 41.2. The van der Waals surface area contributed by atoms with Crippen LogP contribution in [0.5, 0.6) is 0 Å². The minimum Gasteiger partial charge on any atom is -0.479 e. The van der Waals surface area contributed by atoms with E-state index in [1.165, 1.54) is 11.8 Å². The molecule has 208 valence electrons. The minimum absolute atomic E-state index is 0.0104. The number of carboxylic acids is 1. The number of rotatable bonds is 15. The number of aliphatic carboxylic acids is 1. The monoisotopic (exact) mass is 535 g/mol. The van der Waals surface area contributed by atoms with Crippen molar-refractivity contribution >= 4 is 17.7 Å². The molecular weight excluding hydrogens is 498 g/mol. The molecule has 10 heteroatoms. The lowest BCUT2D eigenvalue weighted by atomic mass is 9.77. The van der Waals surface area contributed by atoms with Gasteiger partial charge >= 0.3 is 5.97 Å². The third-order valence-corrected chi connectivity index (χ3v) is 7.09. The number of aliphatic hydroxyl groups is 1. The highest BCUT2D eigenvalue weighted by Gasteiger charge is 2.55. The van der Waals surface area contributed by atoms with E-state index in [2.05, 4.69) is 20.6 Å². The van der Waals surface area contributed by atoms with Crippen molar-refractivity contribution in [3.8, 4) is 22.5 Å². The van der Waals surface area contributed by atoms with Crippen LogP contribution >= 0.6 is 0 Å². The molecule has 0 fully saturated rings. The van der Waals surface area contributed by atoms with E-state index >= 15 is 0 Å². The average Bonchev–Trinajstić information content (AvgIpc) is 3.49. The van der Waals surface area contributed by atoms with Crippen molar-refractivity contribution in [1.29, 1.82) is 0 Å². The van der Waals surface area contributed by atoms with Crippen LogP contribution in [-0.4, -0.2) is 65.5 Å². The number of Topliss-reactive ketones (excluding diaryl/α,β-unsaturated/α-hetero) is 1. The van der Waals surface area contributed by atoms with Crippen LogP contribution in [0.4, 0.5) is 0 Å². The van der Waals surface area contributed by atoms with Crippen LogP contribution in [0, 0.1) is 5.92 Å². The summed E-state index contributed by atoms with van der Waals surface area (Å²) in [6, 6.07) is 15.0. The number of carbonyl (C=O) groups is 3. The van der Waals surface area contributed by atoms with Crippen LogP contribution in [0.15, 0.2) is 48.5 Å². The topological polar surface area (TPSA) is 149 Å². The molecule has 39 heavy (non-hydrogen) atoms. The largest absolute Gasteiger partial charge is 0.479 e. The quantitative estimate of drug-likeness (QED) is 0.244. The zero-order chi connectivity index (χ0) is 28.4. The van der Waals surface area contributed by atoms with E-state index < -0.39 is 35.7 Å². The van der Waals surface area contributed by atoms with Gasteiger partial charge in [-0.3, -0.25) is 9.59 Å². The lowest BCUT2D eigenvalue weighted by molar-refractivity contribution is -0.171. The van der Waals surface area contributed by atoms with Gasteiger partial charge in [-0.25, -0.2) is 4.79 Å². The van der Waals surface area contributed by atoms with Gasteiger partial charge in [0.1, 0.15) is 0 Å². The summed E-state index contributed by atoms with van der Waals surface area (Å²) in [5.74, 6) is -2.94. The normalized spacial score (nSPS) is 13.4. The van der Waals surface area contributed by atoms with Gasteiger partial charge in [-0.1, -0.05) is 82.1 Å². The van der Waals surface area contributed by atoms with Crippen LogP contribution in [0.3, 0.4) is 0 Å². The molecule has 0 saturated carbocycles. The second kappa shape index (κ2) is 13.7. The van der Waals surface area contributed by atoms with Crippen LogP contribution in [0.25, 0.3) is 22.5 Å². The summed E-state index contributed by atoms with van der Waals surface area (Å²) < 4.78 is 0. The first kappa shape index (κ1) is 29.6. The number of hydrogen-bond donors (Lipinski definition) is 3. The fourth-order valence-corrected chi connectivity index (χ4v) is 4.85. The molecule has 10 nitrogen and oxygen atoms in total. The van der Waals surface area contributed by atoms with Gasteiger partial charge < -0.3 is 15.1 Å². The number of amides is 1. The van der Waals surface area contributed by atoms with Gasteiger partial charge in [-0.2, -0.15) is 5.21 Å². The van der Waals surface area contributed by atoms with Gasteiger partial charge in [-0.15, -0.1) is 10.2 Å². The van der Waals surface area contributed by atoms with Gasteiger partial charge in [0.05, 0.1) is 0 Å². The maximum atomic E-state index is 13.6. The van der Waals surface area contributed by atoms with Crippen LogP contribution in [0.1, 0.15) is 64.9 Å². The molecule has 3 N–H and O–H groups in total. The minimum atomic E-state index is -2.17. The SMILES string of the molecule is CCCCC(=O)N(Cc1ccc(-c2ccccc2-c2nn[nH]n2)cc1)C(C(=O)O)(C(=O)CCCC)C(C)CO. The smallest absolute Gasteiger partial charge is 0.337 e. The zero-order valence-electron chi connectivity index (χ0n) is 22.8. The van der Waals surface area contributed by atoms with Gasteiger partial charge in [0.15, 0.2) is 5.78 Å². The Kier molecular flexibility index (Phi) is 10.4. The Morgan fingerprint density at radius 1 is 0.974 bits per heavy atom. The maximum Gasteiger partial charge on any atom is 0.337 e. The number of benzene rings is 2. The Morgan fingerprint density at radius 2 is 1.62 bits per heavy atom. The fourth-order valence-electron chi connectivity index (χ4n) is 4.85. The molecule has 0 bridgehead atoms. The number of aromatic nitrogens is 4.